The molecule has 17 heavy (non-hydrogen) atoms. The van der Waals surface area contributed by atoms with Crippen molar-refractivity contribution in [1.82, 2.24) is 4.98 Å². The van der Waals surface area contributed by atoms with Gasteiger partial charge in [0.15, 0.2) is 0 Å². The van der Waals surface area contributed by atoms with Crippen LogP contribution in [0.3, 0.4) is 0 Å². The van der Waals surface area contributed by atoms with Crippen LogP contribution in [0.25, 0.3) is 16.5 Å². The molecule has 0 saturated carbocycles. The number of aromatic nitrogens is 1. The number of ether oxygens (including phenoxy) is 1. The topological polar surface area (TPSA) is 42.1 Å². The van der Waals surface area contributed by atoms with E-state index in [1.54, 1.807) is 0 Å². The van der Waals surface area contributed by atoms with Gasteiger partial charge in [0.2, 0.25) is 0 Å². The van der Waals surface area contributed by atoms with Crippen molar-refractivity contribution in [2.24, 2.45) is 0 Å². The van der Waals surface area contributed by atoms with Crippen LogP contribution in [0.1, 0.15) is 29.8 Å². The second-order valence-electron chi connectivity index (χ2n) is 3.93. The number of methoxy groups -OCH3 is 1. The average Bonchev–Trinajstić information content (AvgIpc) is 2.83. The van der Waals surface area contributed by atoms with E-state index in [0.717, 1.165) is 22.0 Å². The van der Waals surface area contributed by atoms with Gasteiger partial charge in [0.05, 0.1) is 12.7 Å². The van der Waals surface area contributed by atoms with E-state index in [9.17, 15) is 4.79 Å². The summed E-state index contributed by atoms with van der Waals surface area (Å²) in [4.78, 5) is 14.9. The third-order valence-corrected chi connectivity index (χ3v) is 2.96. The van der Waals surface area contributed by atoms with Crippen molar-refractivity contribution in [1.29, 1.82) is 0 Å². The van der Waals surface area contributed by atoms with Crippen molar-refractivity contribution in [2.75, 3.05) is 7.11 Å². The highest BCUT2D eigenvalue weighted by Crippen LogP contribution is 2.24. The molecule has 0 spiro atoms. The van der Waals surface area contributed by atoms with Crippen LogP contribution in [-0.2, 0) is 4.74 Å². The van der Waals surface area contributed by atoms with Gasteiger partial charge in [-0.15, -0.1) is 0 Å². The SMILES string of the molecule is C/C=C(\C)c1cc(C(=O)OC)c2cc[nH]c2c1. The van der Waals surface area contributed by atoms with E-state index in [1.165, 1.54) is 7.11 Å². The largest absolute Gasteiger partial charge is 0.465 e. The zero-order valence-corrected chi connectivity index (χ0v) is 10.2. The Balaban J connectivity index is 2.71. The molecule has 0 aliphatic rings. The maximum absolute atomic E-state index is 11.7. The molecule has 0 fully saturated rings. The lowest BCUT2D eigenvalue weighted by Crippen LogP contribution is -2.02. The Bertz CT molecular complexity index is 593. The number of fused-ring (bicyclic) bond motifs is 1. The Morgan fingerprint density at radius 1 is 1.41 bits per heavy atom. The molecule has 1 heterocycles. The quantitative estimate of drug-likeness (QED) is 0.802. The highest BCUT2D eigenvalue weighted by atomic mass is 16.5. The van der Waals surface area contributed by atoms with Gasteiger partial charge in [0.1, 0.15) is 0 Å². The van der Waals surface area contributed by atoms with E-state index in [0.29, 0.717) is 5.56 Å². The molecule has 2 aromatic rings. The average molecular weight is 229 g/mol. The van der Waals surface area contributed by atoms with E-state index in [1.807, 2.05) is 44.3 Å². The molecular weight excluding hydrogens is 214 g/mol. The summed E-state index contributed by atoms with van der Waals surface area (Å²) in [6, 6.07) is 5.80. The second-order valence-corrected chi connectivity index (χ2v) is 3.93. The van der Waals surface area contributed by atoms with Crippen LogP contribution in [-0.4, -0.2) is 18.1 Å². The van der Waals surface area contributed by atoms with Crippen LogP contribution in [0, 0.1) is 0 Å². The van der Waals surface area contributed by atoms with Gasteiger partial charge in [0, 0.05) is 17.1 Å². The fourth-order valence-electron chi connectivity index (χ4n) is 1.84. The Morgan fingerprint density at radius 3 is 2.82 bits per heavy atom. The molecule has 0 amide bonds. The lowest BCUT2D eigenvalue weighted by Gasteiger charge is -2.06. The summed E-state index contributed by atoms with van der Waals surface area (Å²) in [6.07, 6.45) is 3.84. The monoisotopic (exact) mass is 229 g/mol. The third kappa shape index (κ3) is 1.96. The van der Waals surface area contributed by atoms with Crippen molar-refractivity contribution < 1.29 is 9.53 Å². The molecule has 1 aromatic carbocycles. The van der Waals surface area contributed by atoms with E-state index < -0.39 is 0 Å². The Morgan fingerprint density at radius 2 is 2.18 bits per heavy atom. The Labute approximate surface area is 100 Å². The number of benzene rings is 1. The molecule has 0 unspecified atom stereocenters. The molecule has 0 aliphatic heterocycles. The van der Waals surface area contributed by atoms with E-state index >= 15 is 0 Å². The van der Waals surface area contributed by atoms with Gasteiger partial charge in [-0.25, -0.2) is 4.79 Å². The first-order chi connectivity index (χ1) is 8.17. The molecule has 0 bridgehead atoms. The zero-order chi connectivity index (χ0) is 12.4. The zero-order valence-electron chi connectivity index (χ0n) is 10.2. The number of hydrogen-bond donors (Lipinski definition) is 1. The fraction of sp³-hybridized carbons (Fsp3) is 0.214. The third-order valence-electron chi connectivity index (χ3n) is 2.96. The highest BCUT2D eigenvalue weighted by Gasteiger charge is 2.13. The first-order valence-electron chi connectivity index (χ1n) is 5.50. The van der Waals surface area contributed by atoms with E-state index in [2.05, 4.69) is 4.98 Å². The smallest absolute Gasteiger partial charge is 0.338 e. The minimum absolute atomic E-state index is 0.305. The van der Waals surface area contributed by atoms with Gasteiger partial charge >= 0.3 is 5.97 Å². The summed E-state index contributed by atoms with van der Waals surface area (Å²) in [5.41, 5.74) is 3.71. The summed E-state index contributed by atoms with van der Waals surface area (Å²) in [5.74, 6) is -0.305. The van der Waals surface area contributed by atoms with Crippen molar-refractivity contribution in [3.8, 4) is 0 Å². The van der Waals surface area contributed by atoms with Gasteiger partial charge in [-0.1, -0.05) is 6.08 Å². The summed E-state index contributed by atoms with van der Waals surface area (Å²) < 4.78 is 4.81. The van der Waals surface area contributed by atoms with Crippen LogP contribution in [0.4, 0.5) is 0 Å². The second kappa shape index (κ2) is 4.45. The number of carbonyl (C=O) groups excluding carboxylic acids is 1. The molecule has 88 valence electrons. The number of allylic oxidation sites excluding steroid dienone is 2. The van der Waals surface area contributed by atoms with Gasteiger partial charge in [-0.05, 0) is 43.2 Å². The Hall–Kier alpha value is -2.03. The molecule has 0 radical (unpaired) electrons. The molecule has 0 atom stereocenters. The normalized spacial score (nSPS) is 11.8. The van der Waals surface area contributed by atoms with Crippen molar-refractivity contribution >= 4 is 22.4 Å². The van der Waals surface area contributed by atoms with Crippen LogP contribution in [0.5, 0.6) is 0 Å². The number of rotatable bonds is 2. The summed E-state index contributed by atoms with van der Waals surface area (Å²) >= 11 is 0. The number of esters is 1. The van der Waals surface area contributed by atoms with Crippen LogP contribution >= 0.6 is 0 Å². The number of nitrogens with one attached hydrogen (secondary N) is 1. The lowest BCUT2D eigenvalue weighted by atomic mass is 10.0. The van der Waals surface area contributed by atoms with Gasteiger partial charge in [0.25, 0.3) is 0 Å². The van der Waals surface area contributed by atoms with Crippen molar-refractivity contribution in [3.05, 3.63) is 41.6 Å². The number of carbonyl (C=O) groups is 1. The minimum atomic E-state index is -0.305. The Kier molecular flexibility index (Phi) is 3.00. The standard InChI is InChI=1S/C14H15NO2/c1-4-9(2)10-7-12(14(16)17-3)11-5-6-15-13(11)8-10/h4-8,15H,1-3H3/b9-4+. The van der Waals surface area contributed by atoms with E-state index in [4.69, 9.17) is 4.74 Å². The molecule has 3 nitrogen and oxygen atoms in total. The van der Waals surface area contributed by atoms with E-state index in [-0.39, 0.29) is 5.97 Å². The first-order valence-corrected chi connectivity index (χ1v) is 5.50. The van der Waals surface area contributed by atoms with Crippen molar-refractivity contribution in [3.63, 3.8) is 0 Å². The van der Waals surface area contributed by atoms with Gasteiger partial charge < -0.3 is 9.72 Å². The first kappa shape index (κ1) is 11.5. The molecule has 0 aliphatic carbocycles. The van der Waals surface area contributed by atoms with Crippen LogP contribution in [0.2, 0.25) is 0 Å². The highest BCUT2D eigenvalue weighted by molar-refractivity contribution is 6.05. The lowest BCUT2D eigenvalue weighted by molar-refractivity contribution is 0.0603. The minimum Gasteiger partial charge on any atom is -0.465 e. The summed E-state index contributed by atoms with van der Waals surface area (Å²) in [6.45, 7) is 4.00. The molecule has 3 heteroatoms. The molecule has 1 aromatic heterocycles. The maximum atomic E-state index is 11.7. The summed E-state index contributed by atoms with van der Waals surface area (Å²) in [5, 5.41) is 0.893. The molecule has 2 rings (SSSR count). The molecular formula is C14H15NO2. The predicted octanol–water partition coefficient (Wildman–Crippen LogP) is 3.38. The number of aromatic amines is 1. The van der Waals surface area contributed by atoms with Gasteiger partial charge in [-0.3, -0.25) is 0 Å². The van der Waals surface area contributed by atoms with Gasteiger partial charge in [-0.2, -0.15) is 0 Å². The van der Waals surface area contributed by atoms with Crippen molar-refractivity contribution in [2.45, 2.75) is 13.8 Å². The predicted molar refractivity (Wildman–Crippen MR) is 69.0 cm³/mol. The maximum Gasteiger partial charge on any atom is 0.338 e. The molecule has 0 saturated heterocycles. The van der Waals surface area contributed by atoms with Crippen LogP contribution < -0.4 is 0 Å². The van der Waals surface area contributed by atoms with Crippen LogP contribution in [0.15, 0.2) is 30.5 Å². The number of H-pyrrole nitrogens is 1. The fourth-order valence-corrected chi connectivity index (χ4v) is 1.84. The molecule has 1 N–H and O–H groups in total. The number of hydrogen-bond acceptors (Lipinski definition) is 2. The summed E-state index contributed by atoms with van der Waals surface area (Å²) in [7, 11) is 1.40.